The van der Waals surface area contributed by atoms with Crippen LogP contribution >= 0.6 is 11.8 Å². The first-order chi connectivity index (χ1) is 15.5. The number of hydrogen-bond donors (Lipinski definition) is 1. The van der Waals surface area contributed by atoms with Crippen LogP contribution in [0.1, 0.15) is 39.3 Å². The van der Waals surface area contributed by atoms with Crippen molar-refractivity contribution >= 4 is 29.3 Å². The molecular formula is C25H26N4O2S. The van der Waals surface area contributed by atoms with E-state index < -0.39 is 6.04 Å². The first-order valence-electron chi connectivity index (χ1n) is 11.0. The standard InChI is InChI=1S/C25H26N4O2S/c1-16-11-12-18(13-17(16)2)26-24(30)22-14-32-15-28(22)25(31)23-20-9-6-10-21(20)29(27-23)19-7-4-3-5-8-19/h3-5,7-8,11-13,22H,6,9-10,14-15H2,1-2H3,(H,26,30). The molecule has 6 nitrogen and oxygen atoms in total. The summed E-state index contributed by atoms with van der Waals surface area (Å²) in [5, 5.41) is 7.73. The van der Waals surface area contributed by atoms with Gasteiger partial charge in [0.1, 0.15) is 6.04 Å². The summed E-state index contributed by atoms with van der Waals surface area (Å²) in [6.07, 6.45) is 2.78. The number of rotatable bonds is 4. The summed E-state index contributed by atoms with van der Waals surface area (Å²) in [7, 11) is 0. The Morgan fingerprint density at radius 3 is 2.66 bits per heavy atom. The molecule has 32 heavy (non-hydrogen) atoms. The first-order valence-corrected chi connectivity index (χ1v) is 12.1. The second-order valence-corrected chi connectivity index (χ2v) is 9.45. The molecule has 1 unspecified atom stereocenters. The molecule has 2 heterocycles. The highest BCUT2D eigenvalue weighted by Crippen LogP contribution is 2.31. The van der Waals surface area contributed by atoms with Crippen molar-refractivity contribution in [3.8, 4) is 5.69 Å². The smallest absolute Gasteiger partial charge is 0.276 e. The van der Waals surface area contributed by atoms with Gasteiger partial charge in [-0.05, 0) is 68.5 Å². The number of thioether (sulfide) groups is 1. The molecule has 0 radical (unpaired) electrons. The van der Waals surface area contributed by atoms with Crippen molar-refractivity contribution in [2.45, 2.75) is 39.2 Å². The Labute approximate surface area is 192 Å². The maximum atomic E-state index is 13.6. The first kappa shape index (κ1) is 20.8. The Bertz CT molecular complexity index is 1190. The molecule has 0 bridgehead atoms. The minimum atomic E-state index is -0.506. The van der Waals surface area contributed by atoms with Gasteiger partial charge in [0.15, 0.2) is 5.69 Å². The average molecular weight is 447 g/mol. The fourth-order valence-electron chi connectivity index (χ4n) is 4.43. The van der Waals surface area contributed by atoms with E-state index in [1.807, 2.05) is 67.1 Å². The van der Waals surface area contributed by atoms with Gasteiger partial charge < -0.3 is 10.2 Å². The lowest BCUT2D eigenvalue weighted by atomic mass is 10.1. The number of carbonyl (C=O) groups excluding carboxylic acids is 2. The van der Waals surface area contributed by atoms with E-state index in [1.54, 1.807) is 16.7 Å². The molecule has 164 valence electrons. The number of anilines is 1. The van der Waals surface area contributed by atoms with Gasteiger partial charge in [-0.15, -0.1) is 11.8 Å². The Hall–Kier alpha value is -3.06. The Balaban J connectivity index is 1.40. The van der Waals surface area contributed by atoms with Crippen molar-refractivity contribution < 1.29 is 9.59 Å². The van der Waals surface area contributed by atoms with Gasteiger partial charge in [-0.25, -0.2) is 4.68 Å². The lowest BCUT2D eigenvalue weighted by Crippen LogP contribution is -2.45. The van der Waals surface area contributed by atoms with Gasteiger partial charge in [-0.2, -0.15) is 5.10 Å². The summed E-state index contributed by atoms with van der Waals surface area (Å²) in [6, 6.07) is 15.3. The van der Waals surface area contributed by atoms with Crippen LogP contribution in [0.4, 0.5) is 5.69 Å². The molecule has 1 atom stereocenters. The number of hydrogen-bond acceptors (Lipinski definition) is 4. The van der Waals surface area contributed by atoms with Crippen LogP contribution in [0.5, 0.6) is 0 Å². The van der Waals surface area contributed by atoms with Crippen LogP contribution < -0.4 is 5.32 Å². The van der Waals surface area contributed by atoms with Gasteiger partial charge in [-0.3, -0.25) is 9.59 Å². The molecule has 1 N–H and O–H groups in total. The molecule has 1 aromatic heterocycles. The quantitative estimate of drug-likeness (QED) is 0.654. The van der Waals surface area contributed by atoms with Gasteiger partial charge in [0.05, 0.1) is 11.6 Å². The van der Waals surface area contributed by atoms with Gasteiger partial charge in [0, 0.05) is 22.7 Å². The summed E-state index contributed by atoms with van der Waals surface area (Å²) in [6.45, 7) is 4.07. The number of amides is 2. The summed E-state index contributed by atoms with van der Waals surface area (Å²) >= 11 is 1.60. The highest BCUT2D eigenvalue weighted by atomic mass is 32.2. The average Bonchev–Trinajstić information content (AvgIpc) is 3.53. The normalized spacial score (nSPS) is 17.4. The zero-order chi connectivity index (χ0) is 22.2. The van der Waals surface area contributed by atoms with Gasteiger partial charge in [0.2, 0.25) is 5.91 Å². The van der Waals surface area contributed by atoms with E-state index >= 15 is 0 Å². The van der Waals surface area contributed by atoms with Gasteiger partial charge in [0.25, 0.3) is 5.91 Å². The molecule has 3 aromatic rings. The molecule has 0 spiro atoms. The summed E-state index contributed by atoms with van der Waals surface area (Å²) < 4.78 is 1.91. The van der Waals surface area contributed by atoms with Crippen molar-refractivity contribution in [1.82, 2.24) is 14.7 Å². The van der Waals surface area contributed by atoms with Gasteiger partial charge >= 0.3 is 0 Å². The SMILES string of the molecule is Cc1ccc(NC(=O)C2CSCN2C(=O)c2nn(-c3ccccc3)c3c2CCC3)cc1C. The van der Waals surface area contributed by atoms with Crippen molar-refractivity contribution in [1.29, 1.82) is 0 Å². The van der Waals surface area contributed by atoms with E-state index in [2.05, 4.69) is 5.32 Å². The molecule has 0 saturated carbocycles. The number of fused-ring (bicyclic) bond motifs is 1. The van der Waals surface area contributed by atoms with E-state index in [0.29, 0.717) is 17.3 Å². The van der Waals surface area contributed by atoms with Crippen LogP contribution in [0.25, 0.3) is 5.69 Å². The number of benzene rings is 2. The molecule has 2 amide bonds. The van der Waals surface area contributed by atoms with Crippen LogP contribution in [-0.4, -0.2) is 44.2 Å². The van der Waals surface area contributed by atoms with Crippen LogP contribution in [-0.2, 0) is 17.6 Å². The van der Waals surface area contributed by atoms with E-state index in [4.69, 9.17) is 5.10 Å². The number of nitrogens with zero attached hydrogens (tertiary/aromatic N) is 3. The monoisotopic (exact) mass is 446 g/mol. The van der Waals surface area contributed by atoms with E-state index in [9.17, 15) is 9.59 Å². The van der Waals surface area contributed by atoms with E-state index in [1.165, 1.54) is 5.56 Å². The predicted octanol–water partition coefficient (Wildman–Crippen LogP) is 4.13. The number of para-hydroxylation sites is 1. The van der Waals surface area contributed by atoms with Crippen LogP contribution in [0.2, 0.25) is 0 Å². The zero-order valence-corrected chi connectivity index (χ0v) is 19.1. The largest absolute Gasteiger partial charge is 0.324 e. The summed E-state index contributed by atoms with van der Waals surface area (Å²) in [5.74, 6) is 0.787. The molecule has 1 fully saturated rings. The predicted molar refractivity (Wildman–Crippen MR) is 127 cm³/mol. The zero-order valence-electron chi connectivity index (χ0n) is 18.3. The molecular weight excluding hydrogens is 420 g/mol. The highest BCUT2D eigenvalue weighted by molar-refractivity contribution is 7.99. The molecule has 1 aliphatic carbocycles. The maximum absolute atomic E-state index is 13.6. The molecule has 2 aliphatic rings. The van der Waals surface area contributed by atoms with E-state index in [-0.39, 0.29) is 11.8 Å². The van der Waals surface area contributed by atoms with Crippen molar-refractivity contribution in [3.63, 3.8) is 0 Å². The number of aromatic nitrogens is 2. The molecule has 5 rings (SSSR count). The third-order valence-electron chi connectivity index (χ3n) is 6.35. The number of aryl methyl sites for hydroxylation is 2. The molecule has 2 aromatic carbocycles. The van der Waals surface area contributed by atoms with Crippen molar-refractivity contribution in [3.05, 3.63) is 76.6 Å². The van der Waals surface area contributed by atoms with Crippen LogP contribution in [0.3, 0.4) is 0 Å². The Morgan fingerprint density at radius 2 is 1.88 bits per heavy atom. The minimum Gasteiger partial charge on any atom is -0.324 e. The van der Waals surface area contributed by atoms with Gasteiger partial charge in [-0.1, -0.05) is 24.3 Å². The second-order valence-electron chi connectivity index (χ2n) is 8.45. The highest BCUT2D eigenvalue weighted by Gasteiger charge is 2.38. The third kappa shape index (κ3) is 3.71. The molecule has 7 heteroatoms. The second kappa shape index (κ2) is 8.47. The van der Waals surface area contributed by atoms with Crippen LogP contribution in [0.15, 0.2) is 48.5 Å². The third-order valence-corrected chi connectivity index (χ3v) is 7.37. The lowest BCUT2D eigenvalue weighted by Gasteiger charge is -2.23. The maximum Gasteiger partial charge on any atom is 0.276 e. The summed E-state index contributed by atoms with van der Waals surface area (Å²) in [5.41, 5.74) is 6.67. The fraction of sp³-hybridized carbons (Fsp3) is 0.320. The Kier molecular flexibility index (Phi) is 5.51. The number of nitrogens with one attached hydrogen (secondary N) is 1. The lowest BCUT2D eigenvalue weighted by molar-refractivity contribution is -0.119. The minimum absolute atomic E-state index is 0.147. The number of carbonyl (C=O) groups is 2. The van der Waals surface area contributed by atoms with E-state index in [0.717, 1.165) is 47.5 Å². The fourth-order valence-corrected chi connectivity index (χ4v) is 5.59. The molecule has 1 saturated heterocycles. The molecule has 1 aliphatic heterocycles. The van der Waals surface area contributed by atoms with Crippen LogP contribution in [0, 0.1) is 13.8 Å². The van der Waals surface area contributed by atoms with Crippen molar-refractivity contribution in [2.24, 2.45) is 0 Å². The summed E-state index contributed by atoms with van der Waals surface area (Å²) in [4.78, 5) is 28.3. The van der Waals surface area contributed by atoms with Crippen molar-refractivity contribution in [2.75, 3.05) is 16.9 Å². The topological polar surface area (TPSA) is 67.2 Å². The Morgan fingerprint density at radius 1 is 1.06 bits per heavy atom.